The molecule has 17 heavy (non-hydrogen) atoms. The SMILES string of the molecule is CCCCc1ccccc1C(=O)OCCOC. The van der Waals surface area contributed by atoms with Crippen LogP contribution in [-0.2, 0) is 15.9 Å². The number of ether oxygens (including phenoxy) is 2. The number of rotatable bonds is 7. The topological polar surface area (TPSA) is 35.5 Å². The smallest absolute Gasteiger partial charge is 0.338 e. The van der Waals surface area contributed by atoms with Gasteiger partial charge in [-0.3, -0.25) is 0 Å². The van der Waals surface area contributed by atoms with Gasteiger partial charge in [0.15, 0.2) is 0 Å². The van der Waals surface area contributed by atoms with E-state index in [2.05, 4.69) is 6.92 Å². The van der Waals surface area contributed by atoms with Gasteiger partial charge in [-0.2, -0.15) is 0 Å². The molecule has 0 unspecified atom stereocenters. The van der Waals surface area contributed by atoms with Crippen LogP contribution in [0.5, 0.6) is 0 Å². The fourth-order valence-corrected chi connectivity index (χ4v) is 1.60. The Hall–Kier alpha value is -1.35. The average molecular weight is 236 g/mol. The molecule has 3 heteroatoms. The van der Waals surface area contributed by atoms with Crippen LogP contribution < -0.4 is 0 Å². The van der Waals surface area contributed by atoms with E-state index in [0.717, 1.165) is 24.8 Å². The number of aryl methyl sites for hydroxylation is 1. The molecule has 0 spiro atoms. The van der Waals surface area contributed by atoms with Crippen molar-refractivity contribution in [3.63, 3.8) is 0 Å². The number of methoxy groups -OCH3 is 1. The summed E-state index contributed by atoms with van der Waals surface area (Å²) in [4.78, 5) is 11.8. The van der Waals surface area contributed by atoms with Crippen molar-refractivity contribution in [2.45, 2.75) is 26.2 Å². The summed E-state index contributed by atoms with van der Waals surface area (Å²) < 4.78 is 9.97. The van der Waals surface area contributed by atoms with Gasteiger partial charge in [-0.15, -0.1) is 0 Å². The first-order chi connectivity index (χ1) is 8.29. The van der Waals surface area contributed by atoms with E-state index in [1.165, 1.54) is 0 Å². The maximum Gasteiger partial charge on any atom is 0.338 e. The molecule has 0 bridgehead atoms. The molecule has 1 aromatic carbocycles. The van der Waals surface area contributed by atoms with Crippen molar-refractivity contribution in [3.05, 3.63) is 35.4 Å². The van der Waals surface area contributed by atoms with E-state index < -0.39 is 0 Å². The number of hydrogen-bond donors (Lipinski definition) is 0. The van der Waals surface area contributed by atoms with Gasteiger partial charge >= 0.3 is 5.97 Å². The number of unbranched alkanes of at least 4 members (excludes halogenated alkanes) is 1. The largest absolute Gasteiger partial charge is 0.460 e. The van der Waals surface area contributed by atoms with E-state index in [4.69, 9.17) is 9.47 Å². The monoisotopic (exact) mass is 236 g/mol. The van der Waals surface area contributed by atoms with Crippen LogP contribution in [0.2, 0.25) is 0 Å². The van der Waals surface area contributed by atoms with Crippen molar-refractivity contribution < 1.29 is 14.3 Å². The lowest BCUT2D eigenvalue weighted by Gasteiger charge is -2.08. The summed E-state index contributed by atoms with van der Waals surface area (Å²) in [6, 6.07) is 7.63. The molecule has 0 amide bonds. The Morgan fingerprint density at radius 1 is 1.24 bits per heavy atom. The average Bonchev–Trinajstić information content (AvgIpc) is 2.37. The number of carbonyl (C=O) groups excluding carboxylic acids is 1. The Morgan fingerprint density at radius 3 is 2.71 bits per heavy atom. The predicted molar refractivity (Wildman–Crippen MR) is 67.2 cm³/mol. The van der Waals surface area contributed by atoms with Crippen LogP contribution in [-0.4, -0.2) is 26.3 Å². The van der Waals surface area contributed by atoms with E-state index in [-0.39, 0.29) is 5.97 Å². The minimum atomic E-state index is -0.256. The van der Waals surface area contributed by atoms with Gasteiger partial charge < -0.3 is 9.47 Å². The van der Waals surface area contributed by atoms with E-state index in [0.29, 0.717) is 18.8 Å². The van der Waals surface area contributed by atoms with Crippen LogP contribution in [0.1, 0.15) is 35.7 Å². The van der Waals surface area contributed by atoms with Crippen LogP contribution in [0.3, 0.4) is 0 Å². The first-order valence-corrected chi connectivity index (χ1v) is 6.03. The Balaban J connectivity index is 2.64. The zero-order chi connectivity index (χ0) is 12.5. The highest BCUT2D eigenvalue weighted by molar-refractivity contribution is 5.91. The Bertz CT molecular complexity index is 347. The van der Waals surface area contributed by atoms with Crippen LogP contribution in [0.15, 0.2) is 24.3 Å². The maximum atomic E-state index is 11.8. The molecule has 0 radical (unpaired) electrons. The van der Waals surface area contributed by atoms with Gasteiger partial charge in [0.25, 0.3) is 0 Å². The molecular weight excluding hydrogens is 216 g/mol. The molecule has 0 N–H and O–H groups in total. The zero-order valence-electron chi connectivity index (χ0n) is 10.6. The molecule has 3 nitrogen and oxygen atoms in total. The van der Waals surface area contributed by atoms with E-state index in [1.807, 2.05) is 24.3 Å². The number of hydrogen-bond acceptors (Lipinski definition) is 3. The fraction of sp³-hybridized carbons (Fsp3) is 0.500. The second kappa shape index (κ2) is 7.85. The first-order valence-electron chi connectivity index (χ1n) is 6.03. The molecule has 0 atom stereocenters. The van der Waals surface area contributed by atoms with Crippen LogP contribution >= 0.6 is 0 Å². The molecular formula is C14H20O3. The Morgan fingerprint density at radius 2 is 2.00 bits per heavy atom. The van der Waals surface area contributed by atoms with Crippen LogP contribution in [0, 0.1) is 0 Å². The lowest BCUT2D eigenvalue weighted by molar-refractivity contribution is 0.0387. The molecule has 0 aliphatic carbocycles. The van der Waals surface area contributed by atoms with Crippen molar-refractivity contribution in [3.8, 4) is 0 Å². The quantitative estimate of drug-likeness (QED) is 0.539. The highest BCUT2D eigenvalue weighted by Crippen LogP contribution is 2.13. The van der Waals surface area contributed by atoms with Gasteiger partial charge in [0.1, 0.15) is 6.61 Å². The van der Waals surface area contributed by atoms with E-state index >= 15 is 0 Å². The van der Waals surface area contributed by atoms with Crippen molar-refractivity contribution in [2.24, 2.45) is 0 Å². The van der Waals surface area contributed by atoms with E-state index in [9.17, 15) is 4.79 Å². The summed E-state index contributed by atoms with van der Waals surface area (Å²) >= 11 is 0. The van der Waals surface area contributed by atoms with Crippen molar-refractivity contribution in [1.29, 1.82) is 0 Å². The summed E-state index contributed by atoms with van der Waals surface area (Å²) in [5, 5.41) is 0. The minimum Gasteiger partial charge on any atom is -0.460 e. The number of benzene rings is 1. The van der Waals surface area contributed by atoms with E-state index in [1.54, 1.807) is 7.11 Å². The summed E-state index contributed by atoms with van der Waals surface area (Å²) in [7, 11) is 1.59. The molecule has 0 heterocycles. The molecule has 0 aromatic heterocycles. The molecule has 1 aromatic rings. The third kappa shape index (κ3) is 4.57. The maximum absolute atomic E-state index is 11.8. The van der Waals surface area contributed by atoms with Crippen molar-refractivity contribution in [2.75, 3.05) is 20.3 Å². The minimum absolute atomic E-state index is 0.256. The Kier molecular flexibility index (Phi) is 6.33. The predicted octanol–water partition coefficient (Wildman–Crippen LogP) is 2.83. The Labute approximate surface area is 103 Å². The molecule has 0 aliphatic rings. The molecule has 0 fully saturated rings. The number of carbonyl (C=O) groups is 1. The normalized spacial score (nSPS) is 10.2. The van der Waals surface area contributed by atoms with Gasteiger partial charge in [0.05, 0.1) is 12.2 Å². The van der Waals surface area contributed by atoms with Gasteiger partial charge in [-0.05, 0) is 24.5 Å². The summed E-state index contributed by atoms with van der Waals surface area (Å²) in [5.74, 6) is -0.256. The molecule has 1 rings (SSSR count). The summed E-state index contributed by atoms with van der Waals surface area (Å²) in [6.45, 7) is 2.87. The van der Waals surface area contributed by atoms with Gasteiger partial charge in [0, 0.05) is 7.11 Å². The lowest BCUT2D eigenvalue weighted by Crippen LogP contribution is -2.12. The highest BCUT2D eigenvalue weighted by atomic mass is 16.6. The van der Waals surface area contributed by atoms with Gasteiger partial charge in [-0.25, -0.2) is 4.79 Å². The van der Waals surface area contributed by atoms with Crippen LogP contribution in [0.4, 0.5) is 0 Å². The fourth-order valence-electron chi connectivity index (χ4n) is 1.60. The van der Waals surface area contributed by atoms with Gasteiger partial charge in [0.2, 0.25) is 0 Å². The molecule has 0 saturated carbocycles. The second-order valence-electron chi connectivity index (χ2n) is 3.89. The van der Waals surface area contributed by atoms with Crippen molar-refractivity contribution in [1.82, 2.24) is 0 Å². The number of esters is 1. The molecule has 0 aliphatic heterocycles. The third-order valence-electron chi connectivity index (χ3n) is 2.56. The summed E-state index contributed by atoms with van der Waals surface area (Å²) in [5.41, 5.74) is 1.74. The van der Waals surface area contributed by atoms with Crippen molar-refractivity contribution >= 4 is 5.97 Å². The standard InChI is InChI=1S/C14H20O3/c1-3-4-7-12-8-5-6-9-13(12)14(15)17-11-10-16-2/h5-6,8-9H,3-4,7,10-11H2,1-2H3. The second-order valence-corrected chi connectivity index (χ2v) is 3.89. The zero-order valence-corrected chi connectivity index (χ0v) is 10.6. The first kappa shape index (κ1) is 13.7. The summed E-state index contributed by atoms with van der Waals surface area (Å²) in [6.07, 6.45) is 3.13. The van der Waals surface area contributed by atoms with Crippen LogP contribution in [0.25, 0.3) is 0 Å². The highest BCUT2D eigenvalue weighted by Gasteiger charge is 2.11. The van der Waals surface area contributed by atoms with Gasteiger partial charge in [-0.1, -0.05) is 31.5 Å². The molecule has 0 saturated heterocycles. The lowest BCUT2D eigenvalue weighted by atomic mass is 10.0. The third-order valence-corrected chi connectivity index (χ3v) is 2.56. The molecule has 94 valence electrons.